The summed E-state index contributed by atoms with van der Waals surface area (Å²) in [7, 11) is 1.55. The first-order chi connectivity index (χ1) is 9.79. The quantitative estimate of drug-likeness (QED) is 0.800. The molecule has 0 aliphatic heterocycles. The van der Waals surface area contributed by atoms with Gasteiger partial charge in [0.1, 0.15) is 5.75 Å². The largest absolute Gasteiger partial charge is 0.496 e. The van der Waals surface area contributed by atoms with Crippen LogP contribution in [0.4, 0.5) is 5.82 Å². The molecule has 0 saturated carbocycles. The van der Waals surface area contributed by atoms with Crippen LogP contribution in [0, 0.1) is 0 Å². The first kappa shape index (κ1) is 12.6. The number of hydrogen-bond donors (Lipinski definition) is 1. The van der Waals surface area contributed by atoms with E-state index in [1.807, 2.05) is 30.3 Å². The van der Waals surface area contributed by atoms with Crippen LogP contribution >= 0.6 is 11.5 Å². The Morgan fingerprint density at radius 1 is 1.15 bits per heavy atom. The van der Waals surface area contributed by atoms with Crippen LogP contribution in [0.25, 0.3) is 10.1 Å². The number of para-hydroxylation sites is 1. The van der Waals surface area contributed by atoms with Crippen molar-refractivity contribution in [1.29, 1.82) is 0 Å². The molecule has 3 rings (SSSR count). The van der Waals surface area contributed by atoms with E-state index in [4.69, 9.17) is 4.74 Å². The third-order valence-corrected chi connectivity index (χ3v) is 3.79. The summed E-state index contributed by atoms with van der Waals surface area (Å²) in [4.78, 5) is 12.3. The second kappa shape index (κ2) is 5.30. The van der Waals surface area contributed by atoms with Gasteiger partial charge in [-0.15, -0.1) is 0 Å². The Kier molecular flexibility index (Phi) is 3.35. The number of rotatable bonds is 3. The van der Waals surface area contributed by atoms with Crippen molar-refractivity contribution in [2.24, 2.45) is 0 Å². The summed E-state index contributed by atoms with van der Waals surface area (Å²) in [5.41, 5.74) is 0.493. The molecular formula is C15H12N2O2S. The average Bonchev–Trinajstić information content (AvgIpc) is 2.90. The van der Waals surface area contributed by atoms with Crippen molar-refractivity contribution >= 4 is 33.3 Å². The van der Waals surface area contributed by atoms with E-state index in [0.29, 0.717) is 17.1 Å². The highest BCUT2D eigenvalue weighted by Crippen LogP contribution is 2.27. The van der Waals surface area contributed by atoms with Gasteiger partial charge in [-0.2, -0.15) is 4.37 Å². The zero-order chi connectivity index (χ0) is 13.9. The molecule has 0 aliphatic rings. The van der Waals surface area contributed by atoms with Gasteiger partial charge in [0.25, 0.3) is 5.91 Å². The summed E-state index contributed by atoms with van der Waals surface area (Å²) in [6, 6.07) is 14.9. The fourth-order valence-corrected chi connectivity index (χ4v) is 2.72. The third kappa shape index (κ3) is 2.23. The molecule has 0 atom stereocenters. The van der Waals surface area contributed by atoms with Crippen LogP contribution in [0.3, 0.4) is 0 Å². The van der Waals surface area contributed by atoms with E-state index in [9.17, 15) is 4.79 Å². The second-order valence-electron chi connectivity index (χ2n) is 4.18. The summed E-state index contributed by atoms with van der Waals surface area (Å²) < 4.78 is 10.5. The van der Waals surface area contributed by atoms with E-state index in [1.54, 1.807) is 25.3 Å². The first-order valence-electron chi connectivity index (χ1n) is 6.08. The summed E-state index contributed by atoms with van der Waals surface area (Å²) in [6.45, 7) is 0. The molecular weight excluding hydrogens is 272 g/mol. The van der Waals surface area contributed by atoms with E-state index >= 15 is 0 Å². The molecule has 1 N–H and O–H groups in total. The number of carbonyl (C=O) groups is 1. The van der Waals surface area contributed by atoms with Crippen molar-refractivity contribution in [2.45, 2.75) is 0 Å². The van der Waals surface area contributed by atoms with Crippen molar-refractivity contribution in [2.75, 3.05) is 12.4 Å². The molecule has 100 valence electrons. The number of aromatic nitrogens is 1. The van der Waals surface area contributed by atoms with Gasteiger partial charge >= 0.3 is 0 Å². The van der Waals surface area contributed by atoms with Gasteiger partial charge in [-0.05, 0) is 35.8 Å². The average molecular weight is 284 g/mol. The Labute approximate surface area is 120 Å². The number of amides is 1. The minimum Gasteiger partial charge on any atom is -0.496 e. The molecule has 0 fully saturated rings. The molecule has 0 spiro atoms. The molecule has 1 amide bonds. The number of fused-ring (bicyclic) bond motifs is 1. The fourth-order valence-electron chi connectivity index (χ4n) is 1.98. The molecule has 1 aromatic heterocycles. The van der Waals surface area contributed by atoms with Gasteiger partial charge in [-0.25, -0.2) is 0 Å². The van der Waals surface area contributed by atoms with Gasteiger partial charge in [-0.1, -0.05) is 24.3 Å². The highest BCUT2D eigenvalue weighted by Gasteiger charge is 2.14. The number of methoxy groups -OCH3 is 1. The summed E-state index contributed by atoms with van der Waals surface area (Å²) >= 11 is 1.37. The fraction of sp³-hybridized carbons (Fsp3) is 0.0667. The summed E-state index contributed by atoms with van der Waals surface area (Å²) in [6.07, 6.45) is 0. The Hall–Kier alpha value is -2.40. The van der Waals surface area contributed by atoms with Crippen molar-refractivity contribution < 1.29 is 9.53 Å². The van der Waals surface area contributed by atoms with Crippen molar-refractivity contribution in [3.05, 3.63) is 54.1 Å². The Bertz CT molecular complexity index is 767. The van der Waals surface area contributed by atoms with Gasteiger partial charge in [-0.3, -0.25) is 4.79 Å². The number of carbonyl (C=O) groups excluding carboxylic acids is 1. The van der Waals surface area contributed by atoms with Crippen LogP contribution in [-0.2, 0) is 0 Å². The van der Waals surface area contributed by atoms with Crippen LogP contribution in [0.15, 0.2) is 48.5 Å². The lowest BCUT2D eigenvalue weighted by atomic mass is 10.2. The van der Waals surface area contributed by atoms with E-state index in [1.165, 1.54) is 11.5 Å². The predicted molar refractivity (Wildman–Crippen MR) is 80.6 cm³/mol. The van der Waals surface area contributed by atoms with Gasteiger partial charge in [0, 0.05) is 5.39 Å². The highest BCUT2D eigenvalue weighted by atomic mass is 32.1. The van der Waals surface area contributed by atoms with Crippen LogP contribution in [0.2, 0.25) is 0 Å². The second-order valence-corrected chi connectivity index (χ2v) is 4.99. The minimum atomic E-state index is -0.224. The van der Waals surface area contributed by atoms with Crippen LogP contribution in [0.5, 0.6) is 5.75 Å². The van der Waals surface area contributed by atoms with Crippen molar-refractivity contribution in [3.8, 4) is 5.75 Å². The topological polar surface area (TPSA) is 51.2 Å². The maximum atomic E-state index is 12.3. The SMILES string of the molecule is COc1ccccc1C(=O)Nc1nsc2ccccc12. The molecule has 0 bridgehead atoms. The summed E-state index contributed by atoms with van der Waals surface area (Å²) in [5.74, 6) is 0.907. The van der Waals surface area contributed by atoms with Crippen LogP contribution in [0.1, 0.15) is 10.4 Å². The third-order valence-electron chi connectivity index (χ3n) is 2.96. The number of nitrogens with zero attached hydrogens (tertiary/aromatic N) is 1. The number of anilines is 1. The van der Waals surface area contributed by atoms with Gasteiger partial charge in [0.15, 0.2) is 5.82 Å². The molecule has 5 heteroatoms. The lowest BCUT2D eigenvalue weighted by molar-refractivity contribution is 0.102. The van der Waals surface area contributed by atoms with E-state index in [0.717, 1.165) is 10.1 Å². The number of hydrogen-bond acceptors (Lipinski definition) is 4. The molecule has 0 saturated heterocycles. The van der Waals surface area contributed by atoms with E-state index in [-0.39, 0.29) is 5.91 Å². The Balaban J connectivity index is 1.93. The smallest absolute Gasteiger partial charge is 0.260 e. The van der Waals surface area contributed by atoms with Crippen LogP contribution in [-0.4, -0.2) is 17.4 Å². The molecule has 0 unspecified atom stereocenters. The monoisotopic (exact) mass is 284 g/mol. The molecule has 1 heterocycles. The summed E-state index contributed by atoms with van der Waals surface area (Å²) in [5, 5.41) is 3.78. The lowest BCUT2D eigenvalue weighted by Crippen LogP contribution is -2.13. The highest BCUT2D eigenvalue weighted by molar-refractivity contribution is 7.13. The Morgan fingerprint density at radius 3 is 2.75 bits per heavy atom. The maximum absolute atomic E-state index is 12.3. The zero-order valence-corrected chi connectivity index (χ0v) is 11.6. The van der Waals surface area contributed by atoms with E-state index < -0.39 is 0 Å². The number of benzene rings is 2. The van der Waals surface area contributed by atoms with Crippen molar-refractivity contribution in [1.82, 2.24) is 4.37 Å². The Morgan fingerprint density at radius 2 is 1.90 bits per heavy atom. The predicted octanol–water partition coefficient (Wildman–Crippen LogP) is 3.56. The number of ether oxygens (including phenoxy) is 1. The molecule has 3 aromatic rings. The molecule has 0 aliphatic carbocycles. The lowest BCUT2D eigenvalue weighted by Gasteiger charge is -2.07. The van der Waals surface area contributed by atoms with E-state index in [2.05, 4.69) is 9.69 Å². The van der Waals surface area contributed by atoms with Gasteiger partial charge < -0.3 is 10.1 Å². The minimum absolute atomic E-state index is 0.224. The molecule has 0 radical (unpaired) electrons. The first-order valence-corrected chi connectivity index (χ1v) is 6.85. The molecule has 2 aromatic carbocycles. The van der Waals surface area contributed by atoms with Crippen molar-refractivity contribution in [3.63, 3.8) is 0 Å². The van der Waals surface area contributed by atoms with Gasteiger partial charge in [0.05, 0.1) is 17.4 Å². The standard InChI is InChI=1S/C15H12N2O2S/c1-19-12-8-4-2-6-10(12)15(18)16-14-11-7-3-5-9-13(11)20-17-14/h2-9H,1H3,(H,16,17,18). The number of nitrogens with one attached hydrogen (secondary N) is 1. The normalized spacial score (nSPS) is 10.4. The van der Waals surface area contributed by atoms with Gasteiger partial charge in [0.2, 0.25) is 0 Å². The molecule has 4 nitrogen and oxygen atoms in total. The zero-order valence-electron chi connectivity index (χ0n) is 10.8. The molecule has 20 heavy (non-hydrogen) atoms. The maximum Gasteiger partial charge on any atom is 0.260 e. The van der Waals surface area contributed by atoms with Crippen LogP contribution < -0.4 is 10.1 Å².